The molecule has 31 heavy (non-hydrogen) atoms. The number of amides is 1. The number of nitrogens with one attached hydrogen (secondary N) is 3. The lowest BCUT2D eigenvalue weighted by atomic mass is 10.0. The fourth-order valence-corrected chi connectivity index (χ4v) is 4.18. The number of rotatable bonds is 7. The molecule has 2 heterocycles. The van der Waals surface area contributed by atoms with Gasteiger partial charge in [0.25, 0.3) is 5.91 Å². The number of anilines is 1. The average molecular weight is 418 g/mol. The number of aromatic nitrogens is 2. The smallest absolute Gasteiger partial charge is 0.254 e. The third kappa shape index (κ3) is 4.45. The molecule has 0 bridgehead atoms. The first-order valence-electron chi connectivity index (χ1n) is 10.4. The van der Waals surface area contributed by atoms with Crippen LogP contribution in [0.4, 0.5) is 5.69 Å². The van der Waals surface area contributed by atoms with Crippen LogP contribution < -0.4 is 10.1 Å². The lowest BCUT2D eigenvalue weighted by Crippen LogP contribution is -2.34. The van der Waals surface area contributed by atoms with E-state index >= 15 is 0 Å². The monoisotopic (exact) mass is 417 g/mol. The van der Waals surface area contributed by atoms with Crippen LogP contribution in [0.25, 0.3) is 11.1 Å². The van der Waals surface area contributed by atoms with Crippen molar-refractivity contribution in [2.75, 3.05) is 25.5 Å². The average Bonchev–Trinajstić information content (AvgIpc) is 3.47. The van der Waals surface area contributed by atoms with Crippen molar-refractivity contribution in [3.63, 3.8) is 0 Å². The van der Waals surface area contributed by atoms with Gasteiger partial charge in [-0.15, -0.1) is 0 Å². The van der Waals surface area contributed by atoms with E-state index < -0.39 is 0 Å². The summed E-state index contributed by atoms with van der Waals surface area (Å²) >= 11 is 0. The Morgan fingerprint density at radius 3 is 2.94 bits per heavy atom. The van der Waals surface area contributed by atoms with E-state index in [-0.39, 0.29) is 11.9 Å². The molecule has 1 aromatic heterocycles. The van der Waals surface area contributed by atoms with Crippen molar-refractivity contribution >= 4 is 17.8 Å². The zero-order valence-electron chi connectivity index (χ0n) is 17.8. The number of hydrogen-bond acceptors (Lipinski definition) is 5. The molecule has 3 N–H and O–H groups in total. The number of ether oxygens (including phenoxy) is 1. The Hall–Kier alpha value is -3.61. The van der Waals surface area contributed by atoms with E-state index in [0.717, 1.165) is 35.3 Å². The zero-order chi connectivity index (χ0) is 21.8. The second kappa shape index (κ2) is 9.04. The lowest BCUT2D eigenvalue weighted by Gasteiger charge is -2.22. The van der Waals surface area contributed by atoms with Gasteiger partial charge in [-0.1, -0.05) is 12.1 Å². The summed E-state index contributed by atoms with van der Waals surface area (Å²) in [5, 5.41) is 18.1. The molecule has 1 aliphatic heterocycles. The van der Waals surface area contributed by atoms with Crippen LogP contribution in [0.15, 0.2) is 54.9 Å². The first-order valence-corrected chi connectivity index (χ1v) is 10.4. The molecule has 4 rings (SSSR count). The van der Waals surface area contributed by atoms with E-state index in [1.54, 1.807) is 19.4 Å². The van der Waals surface area contributed by atoms with Crippen molar-refractivity contribution in [1.29, 1.82) is 5.41 Å². The highest BCUT2D eigenvalue weighted by Crippen LogP contribution is 2.28. The summed E-state index contributed by atoms with van der Waals surface area (Å²) in [4.78, 5) is 15.0. The van der Waals surface area contributed by atoms with Crippen molar-refractivity contribution in [3.8, 4) is 16.9 Å². The Balaban J connectivity index is 1.41. The third-order valence-corrected chi connectivity index (χ3v) is 5.86. The maximum Gasteiger partial charge on any atom is 0.254 e. The molecule has 7 heteroatoms. The van der Waals surface area contributed by atoms with Crippen LogP contribution in [0.3, 0.4) is 0 Å². The molecule has 160 valence electrons. The summed E-state index contributed by atoms with van der Waals surface area (Å²) in [6.07, 6.45) is 5.91. The number of aromatic amines is 1. The minimum absolute atomic E-state index is 0.0403. The molecule has 0 unspecified atom stereocenters. The number of methoxy groups -OCH3 is 1. The highest BCUT2D eigenvalue weighted by molar-refractivity contribution is 5.95. The first-order chi connectivity index (χ1) is 15.1. The van der Waals surface area contributed by atoms with Crippen molar-refractivity contribution in [3.05, 3.63) is 66.0 Å². The number of hydrogen-bond donors (Lipinski definition) is 3. The van der Waals surface area contributed by atoms with Crippen LogP contribution >= 0.6 is 0 Å². The SMILES string of the molecule is COc1cccc(C(=O)N2C[C@H](CNc3ccc(-c4cn[nH]c4)cc3C=N)C[C@@H]2C)c1. The Kier molecular flexibility index (Phi) is 6.02. The normalized spacial score (nSPS) is 18.1. The molecular weight excluding hydrogens is 390 g/mol. The van der Waals surface area contributed by atoms with Gasteiger partial charge >= 0.3 is 0 Å². The number of H-pyrrole nitrogens is 1. The maximum atomic E-state index is 13.0. The molecule has 1 amide bonds. The van der Waals surface area contributed by atoms with Crippen LogP contribution in [-0.2, 0) is 0 Å². The highest BCUT2D eigenvalue weighted by Gasteiger charge is 2.32. The third-order valence-electron chi connectivity index (χ3n) is 5.86. The van der Waals surface area contributed by atoms with E-state index in [9.17, 15) is 4.79 Å². The highest BCUT2D eigenvalue weighted by atomic mass is 16.5. The van der Waals surface area contributed by atoms with Crippen LogP contribution in [0.2, 0.25) is 0 Å². The van der Waals surface area contributed by atoms with E-state index in [2.05, 4.69) is 22.4 Å². The molecule has 2 aromatic carbocycles. The maximum absolute atomic E-state index is 13.0. The molecular formula is C24H27N5O2. The Morgan fingerprint density at radius 2 is 2.19 bits per heavy atom. The lowest BCUT2D eigenvalue weighted by molar-refractivity contribution is 0.0743. The molecule has 2 atom stereocenters. The largest absolute Gasteiger partial charge is 0.497 e. The fraction of sp³-hybridized carbons (Fsp3) is 0.292. The van der Waals surface area contributed by atoms with Gasteiger partial charge in [-0.3, -0.25) is 9.89 Å². The van der Waals surface area contributed by atoms with Gasteiger partial charge in [0.05, 0.1) is 13.3 Å². The predicted octanol–water partition coefficient (Wildman–Crippen LogP) is 4.05. The summed E-state index contributed by atoms with van der Waals surface area (Å²) in [5.74, 6) is 1.07. The summed E-state index contributed by atoms with van der Waals surface area (Å²) in [6, 6.07) is 13.5. The molecule has 0 spiro atoms. The second-order valence-corrected chi connectivity index (χ2v) is 7.95. The Morgan fingerprint density at radius 1 is 1.32 bits per heavy atom. The fourth-order valence-electron chi connectivity index (χ4n) is 4.18. The second-order valence-electron chi connectivity index (χ2n) is 7.95. The van der Waals surface area contributed by atoms with Gasteiger partial charge in [-0.05, 0) is 55.2 Å². The van der Waals surface area contributed by atoms with Gasteiger partial charge < -0.3 is 20.4 Å². The van der Waals surface area contributed by atoms with Crippen LogP contribution in [-0.4, -0.2) is 53.5 Å². The summed E-state index contributed by atoms with van der Waals surface area (Å²) in [5.41, 5.74) is 4.41. The molecule has 7 nitrogen and oxygen atoms in total. The van der Waals surface area contributed by atoms with E-state index in [1.807, 2.05) is 47.5 Å². The van der Waals surface area contributed by atoms with Gasteiger partial charge in [0.2, 0.25) is 0 Å². The minimum atomic E-state index is 0.0403. The molecule has 0 aliphatic carbocycles. The van der Waals surface area contributed by atoms with Gasteiger partial charge in [-0.25, -0.2) is 0 Å². The standard InChI is InChI=1S/C24H27N5O2/c1-16-8-17(15-29(16)24(30)19-4-3-5-22(10-19)31-2)12-26-23-7-6-18(9-20(23)11-25)21-13-27-28-14-21/h3-7,9-11,13-14,16-17,25-26H,8,12,15H2,1-2H3,(H,27,28)/t16-,17-/m0/s1. The Labute approximate surface area is 181 Å². The van der Waals surface area contributed by atoms with Gasteiger partial charge in [0, 0.05) is 53.9 Å². The zero-order valence-corrected chi connectivity index (χ0v) is 17.8. The van der Waals surface area contributed by atoms with Crippen LogP contribution in [0, 0.1) is 11.3 Å². The van der Waals surface area contributed by atoms with Crippen molar-refractivity contribution in [1.82, 2.24) is 15.1 Å². The van der Waals surface area contributed by atoms with Gasteiger partial charge in [-0.2, -0.15) is 5.10 Å². The van der Waals surface area contributed by atoms with Crippen molar-refractivity contribution in [2.45, 2.75) is 19.4 Å². The number of carbonyl (C=O) groups is 1. The molecule has 3 aromatic rings. The molecule has 1 aliphatic rings. The molecule has 0 saturated carbocycles. The molecule has 1 fully saturated rings. The van der Waals surface area contributed by atoms with Crippen molar-refractivity contribution < 1.29 is 9.53 Å². The molecule has 1 saturated heterocycles. The van der Waals surface area contributed by atoms with E-state index in [1.165, 1.54) is 6.21 Å². The predicted molar refractivity (Wildman–Crippen MR) is 122 cm³/mol. The molecule has 0 radical (unpaired) electrons. The van der Waals surface area contributed by atoms with E-state index in [0.29, 0.717) is 23.8 Å². The Bertz CT molecular complexity index is 1060. The van der Waals surface area contributed by atoms with Gasteiger partial charge in [0.15, 0.2) is 0 Å². The van der Waals surface area contributed by atoms with Crippen LogP contribution in [0.1, 0.15) is 29.3 Å². The van der Waals surface area contributed by atoms with Gasteiger partial charge in [0.1, 0.15) is 5.75 Å². The summed E-state index contributed by atoms with van der Waals surface area (Å²) in [7, 11) is 1.61. The van der Waals surface area contributed by atoms with E-state index in [4.69, 9.17) is 10.1 Å². The van der Waals surface area contributed by atoms with Crippen LogP contribution in [0.5, 0.6) is 5.75 Å². The van der Waals surface area contributed by atoms with Crippen molar-refractivity contribution in [2.24, 2.45) is 5.92 Å². The summed E-state index contributed by atoms with van der Waals surface area (Å²) in [6.45, 7) is 3.55. The number of nitrogens with zero attached hydrogens (tertiary/aromatic N) is 2. The topological polar surface area (TPSA) is 94.1 Å². The number of likely N-dealkylation sites (tertiary alicyclic amines) is 1. The summed E-state index contributed by atoms with van der Waals surface area (Å²) < 4.78 is 5.25. The number of benzene rings is 2. The quantitative estimate of drug-likeness (QED) is 0.506. The first kappa shape index (κ1) is 20.7. The number of carbonyl (C=O) groups excluding carboxylic acids is 1. The minimum Gasteiger partial charge on any atom is -0.497 e.